The van der Waals surface area contributed by atoms with Gasteiger partial charge in [0, 0.05) is 12.1 Å². The Balaban J connectivity index is 2.03. The molecule has 0 saturated carbocycles. The maximum atomic E-state index is 13.2. The topological polar surface area (TPSA) is 70.7 Å². The van der Waals surface area contributed by atoms with Gasteiger partial charge in [-0.3, -0.25) is 4.79 Å². The molecule has 1 aromatic carbocycles. The molecule has 1 amide bonds. The first kappa shape index (κ1) is 11.2. The van der Waals surface area contributed by atoms with Crippen LogP contribution in [0.1, 0.15) is 16.1 Å². The first-order valence-corrected chi connectivity index (χ1v) is 4.74. The van der Waals surface area contributed by atoms with E-state index in [1.165, 1.54) is 6.20 Å². The fourth-order valence-electron chi connectivity index (χ4n) is 1.26. The fraction of sp³-hybridized carbons (Fsp3) is 0.100. The standard InChI is InChI=1S/C10H8F2N4O/c11-7-1-2-8(12)6(3-7)4-13-10(17)9-5-14-16-15-9/h1-3,5H,4H2,(H,13,17)(H,14,15,16). The summed E-state index contributed by atoms with van der Waals surface area (Å²) < 4.78 is 26.0. The summed E-state index contributed by atoms with van der Waals surface area (Å²) in [4.78, 5) is 11.4. The van der Waals surface area contributed by atoms with Crippen LogP contribution in [-0.4, -0.2) is 21.3 Å². The van der Waals surface area contributed by atoms with Gasteiger partial charge in [0.1, 0.15) is 11.6 Å². The molecule has 2 rings (SSSR count). The van der Waals surface area contributed by atoms with Crippen LogP contribution in [0.15, 0.2) is 24.4 Å². The van der Waals surface area contributed by atoms with Crippen LogP contribution in [0, 0.1) is 11.6 Å². The van der Waals surface area contributed by atoms with E-state index in [1.54, 1.807) is 0 Å². The van der Waals surface area contributed by atoms with Gasteiger partial charge in [0.05, 0.1) is 6.20 Å². The van der Waals surface area contributed by atoms with Crippen LogP contribution in [0.4, 0.5) is 8.78 Å². The summed E-state index contributed by atoms with van der Waals surface area (Å²) in [5.74, 6) is -1.65. The minimum absolute atomic E-state index is 0.0712. The van der Waals surface area contributed by atoms with Gasteiger partial charge < -0.3 is 5.32 Å². The second-order valence-corrected chi connectivity index (χ2v) is 3.27. The number of carbonyl (C=O) groups excluding carboxylic acids is 1. The minimum Gasteiger partial charge on any atom is -0.346 e. The van der Waals surface area contributed by atoms with E-state index in [0.29, 0.717) is 0 Å². The summed E-state index contributed by atoms with van der Waals surface area (Å²) >= 11 is 0. The molecule has 0 bridgehead atoms. The van der Waals surface area contributed by atoms with Crippen LogP contribution >= 0.6 is 0 Å². The first-order valence-electron chi connectivity index (χ1n) is 4.74. The lowest BCUT2D eigenvalue weighted by Gasteiger charge is -2.04. The summed E-state index contributed by atoms with van der Waals surface area (Å²) in [6, 6.07) is 3.05. The number of benzene rings is 1. The monoisotopic (exact) mass is 238 g/mol. The van der Waals surface area contributed by atoms with Gasteiger partial charge in [-0.25, -0.2) is 8.78 Å². The molecule has 1 heterocycles. The average molecular weight is 238 g/mol. The number of carbonyl (C=O) groups is 1. The number of aromatic amines is 1. The van der Waals surface area contributed by atoms with Crippen LogP contribution in [0.3, 0.4) is 0 Å². The number of H-pyrrole nitrogens is 1. The Morgan fingerprint density at radius 3 is 2.94 bits per heavy atom. The number of hydrogen-bond donors (Lipinski definition) is 2. The van der Waals surface area contributed by atoms with Gasteiger partial charge >= 0.3 is 0 Å². The lowest BCUT2D eigenvalue weighted by atomic mass is 10.2. The van der Waals surface area contributed by atoms with E-state index in [9.17, 15) is 13.6 Å². The number of rotatable bonds is 3. The Morgan fingerprint density at radius 2 is 2.24 bits per heavy atom. The first-order chi connectivity index (χ1) is 8.16. The molecule has 2 aromatic rings. The zero-order valence-electron chi connectivity index (χ0n) is 8.58. The van der Waals surface area contributed by atoms with Crippen molar-refractivity contribution < 1.29 is 13.6 Å². The molecule has 0 saturated heterocycles. The lowest BCUT2D eigenvalue weighted by molar-refractivity contribution is 0.0945. The van der Waals surface area contributed by atoms with E-state index in [4.69, 9.17) is 0 Å². The van der Waals surface area contributed by atoms with E-state index in [-0.39, 0.29) is 17.8 Å². The maximum Gasteiger partial charge on any atom is 0.273 e. The second-order valence-electron chi connectivity index (χ2n) is 3.27. The van der Waals surface area contributed by atoms with Crippen molar-refractivity contribution in [2.75, 3.05) is 0 Å². The third-order valence-corrected chi connectivity index (χ3v) is 2.09. The third kappa shape index (κ3) is 2.63. The Bertz CT molecular complexity index is 527. The maximum absolute atomic E-state index is 13.2. The van der Waals surface area contributed by atoms with E-state index in [1.807, 2.05) is 0 Å². The molecule has 2 N–H and O–H groups in total. The highest BCUT2D eigenvalue weighted by molar-refractivity contribution is 5.91. The van der Waals surface area contributed by atoms with Crippen molar-refractivity contribution >= 4 is 5.91 Å². The SMILES string of the molecule is O=C(NCc1cc(F)ccc1F)c1cn[nH]n1. The van der Waals surface area contributed by atoms with E-state index in [0.717, 1.165) is 18.2 Å². The smallest absolute Gasteiger partial charge is 0.273 e. The molecule has 0 atom stereocenters. The Labute approximate surface area is 94.8 Å². The number of nitrogens with one attached hydrogen (secondary N) is 2. The Morgan fingerprint density at radius 1 is 1.41 bits per heavy atom. The summed E-state index contributed by atoms with van der Waals surface area (Å²) in [5.41, 5.74) is 0.156. The fourth-order valence-corrected chi connectivity index (χ4v) is 1.26. The summed E-state index contributed by atoms with van der Waals surface area (Å²) in [7, 11) is 0. The van der Waals surface area contributed by atoms with Crippen LogP contribution in [0.25, 0.3) is 0 Å². The molecule has 0 aliphatic carbocycles. The zero-order chi connectivity index (χ0) is 12.3. The summed E-state index contributed by atoms with van der Waals surface area (Å²) in [6.07, 6.45) is 1.23. The predicted molar refractivity (Wildman–Crippen MR) is 53.9 cm³/mol. The molecular formula is C10H8F2N4O. The highest BCUT2D eigenvalue weighted by Gasteiger charge is 2.10. The van der Waals surface area contributed by atoms with Crippen molar-refractivity contribution in [3.8, 4) is 0 Å². The molecule has 17 heavy (non-hydrogen) atoms. The Hall–Kier alpha value is -2.31. The van der Waals surface area contributed by atoms with Crippen LogP contribution < -0.4 is 5.32 Å². The number of halogens is 2. The van der Waals surface area contributed by atoms with Gasteiger partial charge in [0.15, 0.2) is 5.69 Å². The molecule has 88 valence electrons. The normalized spacial score (nSPS) is 10.2. The number of hydrogen-bond acceptors (Lipinski definition) is 3. The molecule has 0 unspecified atom stereocenters. The van der Waals surface area contributed by atoms with E-state index < -0.39 is 17.5 Å². The molecule has 0 aliphatic rings. The van der Waals surface area contributed by atoms with Gasteiger partial charge in [0.2, 0.25) is 0 Å². The van der Waals surface area contributed by atoms with E-state index in [2.05, 4.69) is 20.7 Å². The van der Waals surface area contributed by atoms with Crippen molar-refractivity contribution in [1.82, 2.24) is 20.7 Å². The Kier molecular flexibility index (Phi) is 3.08. The van der Waals surface area contributed by atoms with Gasteiger partial charge in [-0.15, -0.1) is 0 Å². The molecule has 0 fully saturated rings. The number of aromatic nitrogens is 3. The van der Waals surface area contributed by atoms with Crippen molar-refractivity contribution in [2.24, 2.45) is 0 Å². The van der Waals surface area contributed by atoms with Crippen LogP contribution in [0.5, 0.6) is 0 Å². The zero-order valence-corrected chi connectivity index (χ0v) is 8.58. The molecule has 1 aromatic heterocycles. The second kappa shape index (κ2) is 4.69. The molecular weight excluding hydrogens is 230 g/mol. The molecule has 0 radical (unpaired) electrons. The van der Waals surface area contributed by atoms with Gasteiger partial charge in [-0.05, 0) is 18.2 Å². The van der Waals surface area contributed by atoms with Gasteiger partial charge in [-0.1, -0.05) is 0 Å². The molecule has 0 aliphatic heterocycles. The number of nitrogens with zero attached hydrogens (tertiary/aromatic N) is 2. The minimum atomic E-state index is -0.577. The van der Waals surface area contributed by atoms with Crippen LogP contribution in [-0.2, 0) is 6.54 Å². The van der Waals surface area contributed by atoms with Crippen molar-refractivity contribution in [3.05, 3.63) is 47.3 Å². The van der Waals surface area contributed by atoms with Crippen molar-refractivity contribution in [3.63, 3.8) is 0 Å². The third-order valence-electron chi connectivity index (χ3n) is 2.09. The van der Waals surface area contributed by atoms with Crippen molar-refractivity contribution in [2.45, 2.75) is 6.54 Å². The summed E-state index contributed by atoms with van der Waals surface area (Å²) in [6.45, 7) is -0.116. The van der Waals surface area contributed by atoms with E-state index >= 15 is 0 Å². The molecule has 5 nitrogen and oxygen atoms in total. The lowest BCUT2D eigenvalue weighted by Crippen LogP contribution is -2.23. The van der Waals surface area contributed by atoms with Gasteiger partial charge in [-0.2, -0.15) is 15.4 Å². The largest absolute Gasteiger partial charge is 0.346 e. The number of amides is 1. The average Bonchev–Trinajstić information content (AvgIpc) is 2.83. The highest BCUT2D eigenvalue weighted by atomic mass is 19.1. The van der Waals surface area contributed by atoms with Crippen molar-refractivity contribution in [1.29, 1.82) is 0 Å². The quantitative estimate of drug-likeness (QED) is 0.838. The molecule has 0 spiro atoms. The van der Waals surface area contributed by atoms with Gasteiger partial charge in [0.25, 0.3) is 5.91 Å². The highest BCUT2D eigenvalue weighted by Crippen LogP contribution is 2.09. The summed E-state index contributed by atoms with van der Waals surface area (Å²) in [5, 5.41) is 11.7. The van der Waals surface area contributed by atoms with Crippen LogP contribution in [0.2, 0.25) is 0 Å². The predicted octanol–water partition coefficient (Wildman–Crippen LogP) is 1.01. The molecule has 7 heteroatoms.